The molecule has 2 N–H and O–H groups in total. The molecule has 44 heavy (non-hydrogen) atoms. The van der Waals surface area contributed by atoms with Crippen molar-refractivity contribution in [1.29, 1.82) is 0 Å². The number of pyridine rings is 1. The van der Waals surface area contributed by atoms with E-state index in [1.165, 1.54) is 19.4 Å². The fourth-order valence-electron chi connectivity index (χ4n) is 5.89. The van der Waals surface area contributed by atoms with Crippen molar-refractivity contribution in [1.82, 2.24) is 19.9 Å². The van der Waals surface area contributed by atoms with Crippen LogP contribution in [0, 0.1) is 29.9 Å². The van der Waals surface area contributed by atoms with Gasteiger partial charge in [0.2, 0.25) is 0 Å². The molecule has 8 nitrogen and oxygen atoms in total. The number of nitrogen functional groups attached to an aromatic ring is 1. The van der Waals surface area contributed by atoms with Gasteiger partial charge in [0, 0.05) is 60.0 Å². The van der Waals surface area contributed by atoms with Crippen molar-refractivity contribution in [2.24, 2.45) is 5.92 Å². The topological polar surface area (TPSA) is 89.6 Å². The Bertz CT molecular complexity index is 1840. The molecule has 2 saturated heterocycles. The summed E-state index contributed by atoms with van der Waals surface area (Å²) in [5, 5.41) is 1.40. The van der Waals surface area contributed by atoms with Crippen molar-refractivity contribution in [2.75, 3.05) is 57.6 Å². The third-order valence-corrected chi connectivity index (χ3v) is 8.20. The number of rotatable bonds is 3. The van der Waals surface area contributed by atoms with Gasteiger partial charge in [-0.2, -0.15) is 18.7 Å². The number of benzene rings is 2. The number of nitrogens with two attached hydrogens (primary N) is 1. The molecule has 0 spiro atoms. The molecule has 0 amide bonds. The summed E-state index contributed by atoms with van der Waals surface area (Å²) in [6.45, 7) is 3.08. The van der Waals surface area contributed by atoms with E-state index >= 15 is 4.39 Å². The van der Waals surface area contributed by atoms with Gasteiger partial charge in [-0.1, -0.05) is 12.0 Å². The molecule has 0 bridgehead atoms. The number of hydrogen-bond donors (Lipinski definition) is 1. The number of fused-ring (bicyclic) bond motifs is 3. The van der Waals surface area contributed by atoms with Crippen LogP contribution >= 0.6 is 0 Å². The van der Waals surface area contributed by atoms with E-state index in [1.807, 2.05) is 11.9 Å². The Morgan fingerprint density at radius 1 is 1.18 bits per heavy atom. The van der Waals surface area contributed by atoms with E-state index in [-0.39, 0.29) is 34.4 Å². The van der Waals surface area contributed by atoms with Crippen LogP contribution in [0.4, 0.5) is 29.1 Å². The summed E-state index contributed by atoms with van der Waals surface area (Å²) >= 11 is 0. The zero-order chi connectivity index (χ0) is 31.1. The summed E-state index contributed by atoms with van der Waals surface area (Å²) in [5.74, 6) is 2.07. The van der Waals surface area contributed by atoms with Gasteiger partial charge in [-0.15, -0.1) is 6.42 Å². The fraction of sp³-hybridized carbons (Fsp3) is 0.344. The molecule has 0 radical (unpaired) electrons. The fourth-order valence-corrected chi connectivity index (χ4v) is 5.89. The standard InChI is InChI=1S/C26H21F2N5O2.C6H9F2N/c1-3-16-19(27)5-4-13-8-15(29)10-17(21(13)16)23-22(28)24-18(11-30-23)25(32-26(31-24)34-2)33-6-7-35-12-14-9-20(14)33;1-9-3-2-5(4-9)6(7)8/h1,4-5,8,10-11,14,20H,6-7,9,12,29H2,2H3;2-4H2,1H3. The molecule has 1 saturated carbocycles. The van der Waals surface area contributed by atoms with Gasteiger partial charge < -0.3 is 25.0 Å². The van der Waals surface area contributed by atoms with E-state index < -0.39 is 17.7 Å². The molecule has 3 aliphatic rings. The largest absolute Gasteiger partial charge is 0.467 e. The SMILES string of the molecule is C#Cc1c(F)ccc2cc(N)cc(-c3ncc4c(N5CCOCC6CC65)nc(OC)nc4c3F)c12.CN1CCC(=C(F)F)C1. The van der Waals surface area contributed by atoms with Crippen molar-refractivity contribution in [3.63, 3.8) is 0 Å². The van der Waals surface area contributed by atoms with Crippen LogP contribution < -0.4 is 15.4 Å². The molecule has 2 aromatic heterocycles. The Labute approximate surface area is 251 Å². The van der Waals surface area contributed by atoms with Gasteiger partial charge in [-0.25, -0.2) is 8.78 Å². The molecule has 4 heterocycles. The van der Waals surface area contributed by atoms with Crippen LogP contribution in [0.15, 0.2) is 42.1 Å². The van der Waals surface area contributed by atoms with Crippen LogP contribution in [0.25, 0.3) is 32.9 Å². The minimum Gasteiger partial charge on any atom is -0.467 e. The monoisotopic (exact) mass is 606 g/mol. The second-order valence-electron chi connectivity index (χ2n) is 11.1. The first-order valence-corrected chi connectivity index (χ1v) is 14.1. The van der Waals surface area contributed by atoms with Gasteiger partial charge in [-0.05, 0) is 43.5 Å². The van der Waals surface area contributed by atoms with Gasteiger partial charge in [0.25, 0.3) is 6.08 Å². The van der Waals surface area contributed by atoms with Gasteiger partial charge in [0.1, 0.15) is 22.8 Å². The van der Waals surface area contributed by atoms with Crippen LogP contribution in [-0.4, -0.2) is 72.9 Å². The number of nitrogens with zero attached hydrogens (tertiary/aromatic N) is 5. The molecule has 2 atom stereocenters. The first kappa shape index (κ1) is 29.6. The maximum Gasteiger partial charge on any atom is 0.318 e. The molecule has 3 fully saturated rings. The predicted octanol–water partition coefficient (Wildman–Crippen LogP) is 5.39. The number of likely N-dealkylation sites (N-methyl/N-ethyl adjacent to an activating group) is 1. The van der Waals surface area contributed by atoms with E-state index in [4.69, 9.17) is 21.6 Å². The predicted molar refractivity (Wildman–Crippen MR) is 161 cm³/mol. The van der Waals surface area contributed by atoms with Crippen LogP contribution in [0.5, 0.6) is 6.01 Å². The number of halogens is 4. The smallest absolute Gasteiger partial charge is 0.318 e. The lowest BCUT2D eigenvalue weighted by Crippen LogP contribution is -2.30. The first-order chi connectivity index (χ1) is 21.2. The van der Waals surface area contributed by atoms with E-state index in [2.05, 4.69) is 25.8 Å². The molecular formula is C32H30F4N6O2. The molecule has 2 unspecified atom stereocenters. The Kier molecular flexibility index (Phi) is 8.00. The van der Waals surface area contributed by atoms with Crippen molar-refractivity contribution in [3.8, 4) is 29.6 Å². The minimum atomic E-state index is -1.49. The number of anilines is 2. The molecule has 1 aliphatic carbocycles. The van der Waals surface area contributed by atoms with E-state index in [1.54, 1.807) is 18.2 Å². The van der Waals surface area contributed by atoms with Crippen molar-refractivity contribution in [2.45, 2.75) is 18.9 Å². The first-order valence-electron chi connectivity index (χ1n) is 14.1. The van der Waals surface area contributed by atoms with Crippen LogP contribution in [0.1, 0.15) is 18.4 Å². The Balaban J connectivity index is 0.000000329. The van der Waals surface area contributed by atoms with Gasteiger partial charge >= 0.3 is 6.01 Å². The lowest BCUT2D eigenvalue weighted by atomic mass is 9.95. The van der Waals surface area contributed by atoms with Crippen molar-refractivity contribution >= 4 is 33.2 Å². The van der Waals surface area contributed by atoms with Crippen molar-refractivity contribution < 1.29 is 27.0 Å². The second-order valence-corrected chi connectivity index (χ2v) is 11.1. The minimum absolute atomic E-state index is 0.0177. The maximum atomic E-state index is 16.2. The van der Waals surface area contributed by atoms with Gasteiger partial charge in [-0.3, -0.25) is 4.98 Å². The second kappa shape index (κ2) is 11.9. The number of ether oxygens (including phenoxy) is 2. The Morgan fingerprint density at radius 3 is 2.68 bits per heavy atom. The zero-order valence-corrected chi connectivity index (χ0v) is 24.2. The number of hydrogen-bond acceptors (Lipinski definition) is 8. The highest BCUT2D eigenvalue weighted by molar-refractivity contribution is 6.03. The Hall–Kier alpha value is -4.47. The number of aromatic nitrogens is 3. The number of terminal acetylenes is 1. The Morgan fingerprint density at radius 2 is 2.00 bits per heavy atom. The third kappa shape index (κ3) is 5.49. The van der Waals surface area contributed by atoms with Crippen LogP contribution in [0.2, 0.25) is 0 Å². The molecule has 2 aliphatic heterocycles. The molecule has 2 aromatic carbocycles. The zero-order valence-electron chi connectivity index (χ0n) is 24.2. The van der Waals surface area contributed by atoms with Crippen LogP contribution in [0.3, 0.4) is 0 Å². The highest BCUT2D eigenvalue weighted by Crippen LogP contribution is 2.43. The molecule has 4 aromatic rings. The normalized spacial score (nSPS) is 19.7. The summed E-state index contributed by atoms with van der Waals surface area (Å²) < 4.78 is 65.3. The lowest BCUT2D eigenvalue weighted by molar-refractivity contribution is 0.139. The summed E-state index contributed by atoms with van der Waals surface area (Å²) in [6, 6.07) is 6.34. The molecule has 228 valence electrons. The average molecular weight is 607 g/mol. The summed E-state index contributed by atoms with van der Waals surface area (Å²) in [5.41, 5.74) is 7.09. The van der Waals surface area contributed by atoms with E-state index in [0.29, 0.717) is 71.9 Å². The van der Waals surface area contributed by atoms with Gasteiger partial charge in [0.15, 0.2) is 5.82 Å². The molecular weight excluding hydrogens is 576 g/mol. The molecule has 12 heteroatoms. The summed E-state index contributed by atoms with van der Waals surface area (Å²) in [4.78, 5) is 17.3. The summed E-state index contributed by atoms with van der Waals surface area (Å²) in [6.07, 6.45) is 7.19. The third-order valence-electron chi connectivity index (χ3n) is 8.20. The maximum absolute atomic E-state index is 16.2. The van der Waals surface area contributed by atoms with E-state index in [0.717, 1.165) is 13.0 Å². The number of likely N-dealkylation sites (tertiary alicyclic amines) is 1. The molecule has 7 rings (SSSR count). The highest BCUT2D eigenvalue weighted by Gasteiger charge is 2.44. The van der Waals surface area contributed by atoms with Crippen LogP contribution in [-0.2, 0) is 4.74 Å². The quantitative estimate of drug-likeness (QED) is 0.189. The van der Waals surface area contributed by atoms with Crippen molar-refractivity contribution in [3.05, 3.63) is 59.3 Å². The lowest BCUT2D eigenvalue weighted by Gasteiger charge is -2.24. The summed E-state index contributed by atoms with van der Waals surface area (Å²) in [7, 11) is 3.28. The average Bonchev–Trinajstić information content (AvgIpc) is 3.68. The van der Waals surface area contributed by atoms with E-state index in [9.17, 15) is 13.2 Å². The number of methoxy groups -OCH3 is 1. The highest BCUT2D eigenvalue weighted by atomic mass is 19.3. The van der Waals surface area contributed by atoms with Gasteiger partial charge in [0.05, 0.1) is 31.3 Å².